The lowest BCUT2D eigenvalue weighted by Crippen LogP contribution is -2.59. The van der Waals surface area contributed by atoms with Crippen LogP contribution in [0.5, 0.6) is 0 Å². The Labute approximate surface area is 114 Å². The van der Waals surface area contributed by atoms with Gasteiger partial charge >= 0.3 is 0 Å². The van der Waals surface area contributed by atoms with E-state index in [0.717, 1.165) is 12.8 Å². The third-order valence-corrected chi connectivity index (χ3v) is 4.80. The summed E-state index contributed by atoms with van der Waals surface area (Å²) in [6, 6.07) is 0.305. The van der Waals surface area contributed by atoms with Crippen LogP contribution in [0.25, 0.3) is 0 Å². The van der Waals surface area contributed by atoms with Gasteiger partial charge in [-0.15, -0.1) is 0 Å². The van der Waals surface area contributed by atoms with Gasteiger partial charge in [0.2, 0.25) is 0 Å². The second kappa shape index (κ2) is 6.38. The van der Waals surface area contributed by atoms with E-state index in [-0.39, 0.29) is 5.54 Å². The number of likely N-dealkylation sites (tertiary alicyclic amines) is 1. The predicted molar refractivity (Wildman–Crippen MR) is 80.8 cm³/mol. The molecule has 0 aliphatic carbocycles. The number of piperidine rings is 1. The Morgan fingerprint density at radius 3 is 2.06 bits per heavy atom. The minimum atomic E-state index is 0.200. The molecular weight excluding hydrogens is 220 g/mol. The first-order valence-corrected chi connectivity index (χ1v) is 7.80. The fourth-order valence-electron chi connectivity index (χ4n) is 3.02. The van der Waals surface area contributed by atoms with Crippen LogP contribution in [-0.2, 0) is 0 Å². The molecule has 0 spiro atoms. The van der Waals surface area contributed by atoms with Crippen LogP contribution in [0.3, 0.4) is 0 Å². The summed E-state index contributed by atoms with van der Waals surface area (Å²) in [5.74, 6) is 0. The van der Waals surface area contributed by atoms with Crippen LogP contribution in [0.4, 0.5) is 0 Å². The molecule has 108 valence electrons. The lowest BCUT2D eigenvalue weighted by Gasteiger charge is -2.47. The van der Waals surface area contributed by atoms with E-state index in [1.807, 2.05) is 0 Å². The summed E-state index contributed by atoms with van der Waals surface area (Å²) < 4.78 is 0. The van der Waals surface area contributed by atoms with Gasteiger partial charge in [0.05, 0.1) is 0 Å². The van der Waals surface area contributed by atoms with Gasteiger partial charge in [0.15, 0.2) is 0 Å². The Morgan fingerprint density at radius 2 is 1.61 bits per heavy atom. The second-order valence-corrected chi connectivity index (χ2v) is 7.46. The lowest BCUT2D eigenvalue weighted by molar-refractivity contribution is 0.0490. The number of rotatable bonds is 5. The van der Waals surface area contributed by atoms with Crippen molar-refractivity contribution in [3.8, 4) is 0 Å². The Balaban J connectivity index is 2.61. The van der Waals surface area contributed by atoms with E-state index in [1.54, 1.807) is 0 Å². The van der Waals surface area contributed by atoms with Crippen LogP contribution in [0.1, 0.15) is 73.1 Å². The predicted octanol–water partition coefficient (Wildman–Crippen LogP) is 3.79. The minimum absolute atomic E-state index is 0.200. The lowest BCUT2D eigenvalue weighted by atomic mass is 9.80. The molecule has 0 aromatic rings. The van der Waals surface area contributed by atoms with E-state index in [9.17, 15) is 0 Å². The molecule has 1 aliphatic rings. The maximum absolute atomic E-state index is 6.56. The van der Waals surface area contributed by atoms with Gasteiger partial charge in [-0.3, -0.25) is 4.90 Å². The standard InChI is InChI=1S/C16H34N2/c1-6-16(5,18-12-8-7-9-13-18)14(17)10-11-15(2,3)4/h14H,6-13,17H2,1-5H3. The first-order chi connectivity index (χ1) is 8.29. The Hall–Kier alpha value is -0.0800. The molecule has 2 atom stereocenters. The van der Waals surface area contributed by atoms with Crippen LogP contribution in [0, 0.1) is 5.41 Å². The van der Waals surface area contributed by atoms with E-state index in [1.165, 1.54) is 38.8 Å². The van der Waals surface area contributed by atoms with E-state index in [2.05, 4.69) is 39.5 Å². The van der Waals surface area contributed by atoms with E-state index in [4.69, 9.17) is 5.73 Å². The highest BCUT2D eigenvalue weighted by Gasteiger charge is 2.36. The van der Waals surface area contributed by atoms with Gasteiger partial charge in [-0.05, 0) is 57.5 Å². The van der Waals surface area contributed by atoms with Crippen molar-refractivity contribution in [1.82, 2.24) is 4.90 Å². The molecular formula is C16H34N2. The first-order valence-electron chi connectivity index (χ1n) is 7.80. The summed E-state index contributed by atoms with van der Waals surface area (Å²) >= 11 is 0. The molecule has 1 fully saturated rings. The number of hydrogen-bond donors (Lipinski definition) is 1. The zero-order valence-electron chi connectivity index (χ0n) is 13.3. The molecule has 0 radical (unpaired) electrons. The van der Waals surface area contributed by atoms with Crippen molar-refractivity contribution in [2.75, 3.05) is 13.1 Å². The van der Waals surface area contributed by atoms with Crippen molar-refractivity contribution < 1.29 is 0 Å². The van der Waals surface area contributed by atoms with Gasteiger partial charge in [-0.25, -0.2) is 0 Å². The van der Waals surface area contributed by atoms with Gasteiger partial charge in [0.25, 0.3) is 0 Å². The Bertz CT molecular complexity index is 238. The van der Waals surface area contributed by atoms with Gasteiger partial charge in [-0.1, -0.05) is 34.1 Å². The van der Waals surface area contributed by atoms with Crippen molar-refractivity contribution in [1.29, 1.82) is 0 Å². The van der Waals surface area contributed by atoms with Gasteiger partial charge in [-0.2, -0.15) is 0 Å². The maximum atomic E-state index is 6.56. The van der Waals surface area contributed by atoms with Crippen LogP contribution in [-0.4, -0.2) is 29.6 Å². The van der Waals surface area contributed by atoms with Crippen molar-refractivity contribution >= 4 is 0 Å². The average molecular weight is 254 g/mol. The fraction of sp³-hybridized carbons (Fsp3) is 1.00. The molecule has 18 heavy (non-hydrogen) atoms. The molecule has 0 amide bonds. The Kier molecular flexibility index (Phi) is 5.67. The van der Waals surface area contributed by atoms with E-state index >= 15 is 0 Å². The summed E-state index contributed by atoms with van der Waals surface area (Å²) in [4.78, 5) is 2.66. The summed E-state index contributed by atoms with van der Waals surface area (Å²) in [6.07, 6.45) is 7.62. The minimum Gasteiger partial charge on any atom is -0.326 e. The fourth-order valence-corrected chi connectivity index (χ4v) is 3.02. The molecule has 1 saturated heterocycles. The van der Waals surface area contributed by atoms with Crippen LogP contribution in [0.15, 0.2) is 0 Å². The van der Waals surface area contributed by atoms with Crippen molar-refractivity contribution in [2.45, 2.75) is 84.7 Å². The highest BCUT2D eigenvalue weighted by atomic mass is 15.2. The van der Waals surface area contributed by atoms with Crippen molar-refractivity contribution in [2.24, 2.45) is 11.1 Å². The average Bonchev–Trinajstić information content (AvgIpc) is 2.35. The molecule has 0 bridgehead atoms. The molecule has 2 unspecified atom stereocenters. The van der Waals surface area contributed by atoms with Crippen LogP contribution in [0.2, 0.25) is 0 Å². The molecule has 1 rings (SSSR count). The SMILES string of the molecule is CCC(C)(C(N)CCC(C)(C)C)N1CCCCC1. The quantitative estimate of drug-likeness (QED) is 0.808. The molecule has 2 heteroatoms. The van der Waals surface area contributed by atoms with E-state index < -0.39 is 0 Å². The zero-order valence-corrected chi connectivity index (χ0v) is 13.3. The maximum Gasteiger partial charge on any atom is 0.0329 e. The van der Waals surface area contributed by atoms with Crippen LogP contribution < -0.4 is 5.73 Å². The van der Waals surface area contributed by atoms with Crippen molar-refractivity contribution in [3.63, 3.8) is 0 Å². The largest absolute Gasteiger partial charge is 0.326 e. The monoisotopic (exact) mass is 254 g/mol. The molecule has 0 saturated carbocycles. The summed E-state index contributed by atoms with van der Waals surface area (Å²) in [6.45, 7) is 14.1. The molecule has 2 N–H and O–H groups in total. The number of nitrogens with two attached hydrogens (primary N) is 1. The number of nitrogens with zero attached hydrogens (tertiary/aromatic N) is 1. The normalized spacial score (nSPS) is 23.7. The topological polar surface area (TPSA) is 29.3 Å². The highest BCUT2D eigenvalue weighted by Crippen LogP contribution is 2.31. The molecule has 2 nitrogen and oxygen atoms in total. The smallest absolute Gasteiger partial charge is 0.0329 e. The summed E-state index contributed by atoms with van der Waals surface area (Å²) in [5.41, 5.74) is 7.16. The van der Waals surface area contributed by atoms with Gasteiger partial charge in [0.1, 0.15) is 0 Å². The van der Waals surface area contributed by atoms with Crippen molar-refractivity contribution in [3.05, 3.63) is 0 Å². The highest BCUT2D eigenvalue weighted by molar-refractivity contribution is 4.95. The van der Waals surface area contributed by atoms with Gasteiger partial charge in [0, 0.05) is 11.6 Å². The van der Waals surface area contributed by atoms with E-state index in [0.29, 0.717) is 11.5 Å². The van der Waals surface area contributed by atoms with Crippen LogP contribution >= 0.6 is 0 Å². The first kappa shape index (κ1) is 16.0. The second-order valence-electron chi connectivity index (χ2n) is 7.46. The molecule has 0 aromatic carbocycles. The Morgan fingerprint density at radius 1 is 1.06 bits per heavy atom. The molecule has 1 aliphatic heterocycles. The molecule has 0 aromatic heterocycles. The third kappa shape index (κ3) is 4.24. The third-order valence-electron chi connectivity index (χ3n) is 4.80. The zero-order chi connectivity index (χ0) is 13.8. The van der Waals surface area contributed by atoms with Gasteiger partial charge < -0.3 is 5.73 Å². The summed E-state index contributed by atoms with van der Waals surface area (Å²) in [7, 11) is 0. The summed E-state index contributed by atoms with van der Waals surface area (Å²) in [5, 5.41) is 0. The number of hydrogen-bond acceptors (Lipinski definition) is 2. The molecule has 1 heterocycles.